The Hall–Kier alpha value is -1.41. The molecular formula is C16H27NO6S. The topological polar surface area (TPSA) is 90.0 Å². The highest BCUT2D eigenvalue weighted by molar-refractivity contribution is 7.91. The SMILES string of the molecule is C=CCOC(C)C(=O)OC(C)C(=O)N(CCC)C1CCS(=O)(=O)C1. The fourth-order valence-electron chi connectivity index (χ4n) is 2.57. The molecule has 24 heavy (non-hydrogen) atoms. The number of amides is 1. The highest BCUT2D eigenvalue weighted by Gasteiger charge is 2.36. The molecule has 0 bridgehead atoms. The summed E-state index contributed by atoms with van der Waals surface area (Å²) in [6.45, 7) is 9.08. The number of hydrogen-bond acceptors (Lipinski definition) is 6. The Balaban J connectivity index is 2.69. The van der Waals surface area contributed by atoms with Crippen LogP contribution in [-0.2, 0) is 28.9 Å². The van der Waals surface area contributed by atoms with Gasteiger partial charge in [0.15, 0.2) is 22.0 Å². The van der Waals surface area contributed by atoms with Crippen molar-refractivity contribution in [3.63, 3.8) is 0 Å². The lowest BCUT2D eigenvalue weighted by Gasteiger charge is -2.30. The molecule has 138 valence electrons. The van der Waals surface area contributed by atoms with Crippen LogP contribution in [0.1, 0.15) is 33.6 Å². The van der Waals surface area contributed by atoms with Crippen LogP contribution in [0, 0.1) is 0 Å². The monoisotopic (exact) mass is 361 g/mol. The molecule has 0 radical (unpaired) electrons. The van der Waals surface area contributed by atoms with Crippen molar-refractivity contribution in [1.82, 2.24) is 4.90 Å². The molecule has 0 saturated carbocycles. The third kappa shape index (κ3) is 5.90. The van der Waals surface area contributed by atoms with Gasteiger partial charge in [-0.2, -0.15) is 0 Å². The molecule has 0 aromatic heterocycles. The van der Waals surface area contributed by atoms with Crippen LogP contribution in [0.2, 0.25) is 0 Å². The predicted molar refractivity (Wildman–Crippen MR) is 90.2 cm³/mol. The summed E-state index contributed by atoms with van der Waals surface area (Å²) in [6.07, 6.45) is 0.851. The van der Waals surface area contributed by atoms with Crippen molar-refractivity contribution in [1.29, 1.82) is 0 Å². The van der Waals surface area contributed by atoms with E-state index in [9.17, 15) is 18.0 Å². The van der Waals surface area contributed by atoms with E-state index in [1.165, 1.54) is 24.8 Å². The third-order valence-electron chi connectivity index (χ3n) is 3.83. The van der Waals surface area contributed by atoms with Crippen molar-refractivity contribution in [2.75, 3.05) is 24.7 Å². The molecule has 0 aromatic rings. The normalized spacial score (nSPS) is 21.7. The molecule has 7 nitrogen and oxygen atoms in total. The van der Waals surface area contributed by atoms with E-state index in [1.54, 1.807) is 0 Å². The maximum absolute atomic E-state index is 12.6. The minimum atomic E-state index is -3.10. The summed E-state index contributed by atoms with van der Waals surface area (Å²) in [5.41, 5.74) is 0. The van der Waals surface area contributed by atoms with Gasteiger partial charge in [-0.3, -0.25) is 4.79 Å². The maximum atomic E-state index is 12.6. The van der Waals surface area contributed by atoms with Crippen LogP contribution in [0.5, 0.6) is 0 Å². The van der Waals surface area contributed by atoms with Crippen LogP contribution in [0.4, 0.5) is 0 Å². The Labute approximate surface area is 143 Å². The second-order valence-electron chi connectivity index (χ2n) is 5.93. The van der Waals surface area contributed by atoms with E-state index >= 15 is 0 Å². The first-order valence-electron chi connectivity index (χ1n) is 8.15. The predicted octanol–water partition coefficient (Wildman–Crippen LogP) is 0.935. The molecule has 0 spiro atoms. The van der Waals surface area contributed by atoms with Gasteiger partial charge in [-0.1, -0.05) is 13.0 Å². The van der Waals surface area contributed by atoms with Crippen molar-refractivity contribution < 1.29 is 27.5 Å². The van der Waals surface area contributed by atoms with E-state index in [0.29, 0.717) is 19.4 Å². The molecule has 0 N–H and O–H groups in total. The van der Waals surface area contributed by atoms with Crippen LogP contribution >= 0.6 is 0 Å². The van der Waals surface area contributed by atoms with Crippen LogP contribution < -0.4 is 0 Å². The Morgan fingerprint density at radius 2 is 2.00 bits per heavy atom. The van der Waals surface area contributed by atoms with Crippen molar-refractivity contribution >= 4 is 21.7 Å². The molecule has 3 atom stereocenters. The van der Waals surface area contributed by atoms with Gasteiger partial charge in [0, 0.05) is 12.6 Å². The lowest BCUT2D eigenvalue weighted by Crippen LogP contribution is -2.47. The average molecular weight is 361 g/mol. The van der Waals surface area contributed by atoms with Gasteiger partial charge in [0.25, 0.3) is 5.91 Å². The molecular weight excluding hydrogens is 334 g/mol. The van der Waals surface area contributed by atoms with Crippen LogP contribution in [-0.4, -0.2) is 68.1 Å². The van der Waals surface area contributed by atoms with E-state index in [0.717, 1.165) is 0 Å². The van der Waals surface area contributed by atoms with E-state index in [-0.39, 0.29) is 30.1 Å². The zero-order valence-corrected chi connectivity index (χ0v) is 15.4. The Kier molecular flexibility index (Phi) is 7.89. The highest BCUT2D eigenvalue weighted by atomic mass is 32.2. The minimum absolute atomic E-state index is 0.0295. The number of carbonyl (C=O) groups is 2. The number of esters is 1. The summed E-state index contributed by atoms with van der Waals surface area (Å²) in [5, 5.41) is 0. The quantitative estimate of drug-likeness (QED) is 0.448. The molecule has 1 amide bonds. The van der Waals surface area contributed by atoms with E-state index < -0.39 is 28.0 Å². The summed E-state index contributed by atoms with van der Waals surface area (Å²) in [6, 6.07) is -0.349. The molecule has 3 unspecified atom stereocenters. The summed E-state index contributed by atoms with van der Waals surface area (Å²) >= 11 is 0. The first kappa shape index (κ1) is 20.6. The van der Waals surface area contributed by atoms with Crippen LogP contribution in [0.25, 0.3) is 0 Å². The summed E-state index contributed by atoms with van der Waals surface area (Å²) in [7, 11) is -3.10. The van der Waals surface area contributed by atoms with Gasteiger partial charge >= 0.3 is 5.97 Å². The summed E-state index contributed by atoms with van der Waals surface area (Å²) in [4.78, 5) is 26.0. The molecule has 0 aromatic carbocycles. The number of carbonyl (C=O) groups excluding carboxylic acids is 2. The highest BCUT2D eigenvalue weighted by Crippen LogP contribution is 2.19. The molecule has 0 aliphatic carbocycles. The number of ether oxygens (including phenoxy) is 2. The molecule has 1 aliphatic rings. The molecule has 1 rings (SSSR count). The summed E-state index contributed by atoms with van der Waals surface area (Å²) < 4.78 is 33.7. The van der Waals surface area contributed by atoms with E-state index in [1.807, 2.05) is 6.92 Å². The van der Waals surface area contributed by atoms with E-state index in [4.69, 9.17) is 9.47 Å². The number of nitrogens with zero attached hydrogens (tertiary/aromatic N) is 1. The average Bonchev–Trinajstić information content (AvgIpc) is 2.89. The van der Waals surface area contributed by atoms with Crippen molar-refractivity contribution in [3.8, 4) is 0 Å². The Morgan fingerprint density at radius 3 is 2.50 bits per heavy atom. The van der Waals surface area contributed by atoms with Crippen LogP contribution in [0.15, 0.2) is 12.7 Å². The van der Waals surface area contributed by atoms with Gasteiger partial charge in [0.2, 0.25) is 0 Å². The lowest BCUT2D eigenvalue weighted by molar-refractivity contribution is -0.168. The smallest absolute Gasteiger partial charge is 0.335 e. The second kappa shape index (κ2) is 9.17. The summed E-state index contributed by atoms with van der Waals surface area (Å²) in [5.74, 6) is -0.944. The fraction of sp³-hybridized carbons (Fsp3) is 0.750. The molecule has 1 aliphatic heterocycles. The minimum Gasteiger partial charge on any atom is -0.451 e. The van der Waals surface area contributed by atoms with Crippen LogP contribution in [0.3, 0.4) is 0 Å². The zero-order chi connectivity index (χ0) is 18.3. The first-order chi connectivity index (χ1) is 11.2. The number of rotatable bonds is 9. The molecule has 1 fully saturated rings. The molecule has 1 heterocycles. The zero-order valence-electron chi connectivity index (χ0n) is 14.6. The van der Waals surface area contributed by atoms with E-state index in [2.05, 4.69) is 6.58 Å². The molecule has 8 heteroatoms. The molecule has 1 saturated heterocycles. The largest absolute Gasteiger partial charge is 0.451 e. The van der Waals surface area contributed by atoms with Crippen molar-refractivity contribution in [3.05, 3.63) is 12.7 Å². The number of sulfone groups is 1. The van der Waals surface area contributed by atoms with Crippen molar-refractivity contribution in [2.45, 2.75) is 51.9 Å². The van der Waals surface area contributed by atoms with Gasteiger partial charge in [-0.25, -0.2) is 13.2 Å². The fourth-order valence-corrected chi connectivity index (χ4v) is 4.30. The van der Waals surface area contributed by atoms with Gasteiger partial charge in [-0.15, -0.1) is 6.58 Å². The van der Waals surface area contributed by atoms with Gasteiger partial charge in [0.1, 0.15) is 0 Å². The Bertz CT molecular complexity index is 559. The third-order valence-corrected chi connectivity index (χ3v) is 5.58. The maximum Gasteiger partial charge on any atom is 0.335 e. The standard InChI is InChI=1S/C16H27NO6S/c1-5-8-17(14-7-10-24(20,21)11-14)15(18)12(3)23-16(19)13(4)22-9-6-2/h6,12-14H,2,5,7-11H2,1,3-4H3. The Morgan fingerprint density at radius 1 is 1.33 bits per heavy atom. The van der Waals surface area contributed by atoms with Gasteiger partial charge < -0.3 is 14.4 Å². The van der Waals surface area contributed by atoms with Crippen molar-refractivity contribution in [2.24, 2.45) is 0 Å². The van der Waals surface area contributed by atoms with Gasteiger partial charge in [-0.05, 0) is 26.7 Å². The first-order valence-corrected chi connectivity index (χ1v) is 9.97. The lowest BCUT2D eigenvalue weighted by atomic mass is 10.2. The second-order valence-corrected chi connectivity index (χ2v) is 8.16. The number of hydrogen-bond donors (Lipinski definition) is 0. The van der Waals surface area contributed by atoms with Gasteiger partial charge in [0.05, 0.1) is 18.1 Å².